The number of nitrogen functional groups attached to an aromatic ring is 1. The quantitative estimate of drug-likeness (QED) is 0.761. The summed E-state index contributed by atoms with van der Waals surface area (Å²) < 4.78 is 7.66. The molecule has 25 heavy (non-hydrogen) atoms. The van der Waals surface area contributed by atoms with Crippen LogP contribution in [0.25, 0.3) is 0 Å². The molecule has 0 spiro atoms. The number of benzene rings is 1. The Morgan fingerprint density at radius 1 is 1.36 bits per heavy atom. The molecule has 130 valence electrons. The van der Waals surface area contributed by atoms with Crippen molar-refractivity contribution in [3.05, 3.63) is 56.4 Å². The SMILES string of the molecule is CC1(C)Oc2ccc(C#N)cc2C(n2cc(N)cc(Br)c2=O)C1(C)O. The Labute approximate surface area is 153 Å². The lowest BCUT2D eigenvalue weighted by Crippen LogP contribution is -2.60. The van der Waals surface area contributed by atoms with E-state index in [4.69, 9.17) is 10.5 Å². The Balaban J connectivity index is 2.38. The Morgan fingerprint density at radius 3 is 2.68 bits per heavy atom. The van der Waals surface area contributed by atoms with Gasteiger partial charge in [0, 0.05) is 17.4 Å². The van der Waals surface area contributed by atoms with E-state index in [1.807, 2.05) is 0 Å². The van der Waals surface area contributed by atoms with Crippen molar-refractivity contribution in [2.75, 3.05) is 5.73 Å². The van der Waals surface area contributed by atoms with Gasteiger partial charge in [-0.2, -0.15) is 5.26 Å². The zero-order valence-corrected chi connectivity index (χ0v) is 15.7. The number of ether oxygens (including phenoxy) is 1. The van der Waals surface area contributed by atoms with Crippen LogP contribution < -0.4 is 16.0 Å². The highest BCUT2D eigenvalue weighted by molar-refractivity contribution is 9.10. The zero-order valence-electron chi connectivity index (χ0n) is 14.1. The minimum atomic E-state index is -1.44. The van der Waals surface area contributed by atoms with E-state index in [1.54, 1.807) is 39.0 Å². The normalized spacial score (nSPS) is 24.1. The second kappa shape index (κ2) is 5.61. The van der Waals surface area contributed by atoms with Crippen molar-refractivity contribution in [1.29, 1.82) is 5.26 Å². The molecule has 1 aliphatic heterocycles. The van der Waals surface area contributed by atoms with Gasteiger partial charge in [-0.25, -0.2) is 0 Å². The first-order chi connectivity index (χ1) is 11.6. The third kappa shape index (κ3) is 2.62. The first-order valence-corrected chi connectivity index (χ1v) is 8.50. The molecule has 2 heterocycles. The molecule has 0 amide bonds. The first-order valence-electron chi connectivity index (χ1n) is 7.71. The summed E-state index contributed by atoms with van der Waals surface area (Å²) in [7, 11) is 0. The van der Waals surface area contributed by atoms with Gasteiger partial charge in [-0.15, -0.1) is 0 Å². The Kier molecular flexibility index (Phi) is 3.93. The maximum Gasteiger partial charge on any atom is 0.265 e. The number of rotatable bonds is 1. The average Bonchev–Trinajstić information content (AvgIpc) is 2.52. The number of aliphatic hydroxyl groups is 1. The van der Waals surface area contributed by atoms with Crippen molar-refractivity contribution in [3.63, 3.8) is 0 Å². The molecular weight excluding hydrogens is 386 g/mol. The fourth-order valence-electron chi connectivity index (χ4n) is 3.14. The first kappa shape index (κ1) is 17.5. The van der Waals surface area contributed by atoms with Crippen LogP contribution in [0.5, 0.6) is 5.75 Å². The van der Waals surface area contributed by atoms with Gasteiger partial charge in [-0.05, 0) is 61.0 Å². The summed E-state index contributed by atoms with van der Waals surface area (Å²) in [4.78, 5) is 12.7. The smallest absolute Gasteiger partial charge is 0.265 e. The van der Waals surface area contributed by atoms with Crippen LogP contribution in [0.15, 0.2) is 39.7 Å². The number of hydrogen-bond acceptors (Lipinski definition) is 5. The molecule has 0 fully saturated rings. The highest BCUT2D eigenvalue weighted by Gasteiger charge is 2.53. The van der Waals surface area contributed by atoms with E-state index in [9.17, 15) is 15.2 Å². The van der Waals surface area contributed by atoms with Gasteiger partial charge < -0.3 is 20.1 Å². The highest BCUT2D eigenvalue weighted by atomic mass is 79.9. The van der Waals surface area contributed by atoms with Crippen molar-refractivity contribution in [2.24, 2.45) is 0 Å². The van der Waals surface area contributed by atoms with E-state index in [1.165, 1.54) is 16.8 Å². The van der Waals surface area contributed by atoms with Crippen molar-refractivity contribution < 1.29 is 9.84 Å². The molecule has 0 bridgehead atoms. The van der Waals surface area contributed by atoms with Crippen molar-refractivity contribution in [2.45, 2.75) is 38.0 Å². The molecule has 0 radical (unpaired) electrons. The summed E-state index contributed by atoms with van der Waals surface area (Å²) in [6, 6.07) is 7.78. The van der Waals surface area contributed by atoms with Crippen LogP contribution in [0.2, 0.25) is 0 Å². The van der Waals surface area contributed by atoms with Crippen LogP contribution in [0.4, 0.5) is 5.69 Å². The lowest BCUT2D eigenvalue weighted by Gasteiger charge is -2.50. The number of pyridine rings is 1. The van der Waals surface area contributed by atoms with Crippen LogP contribution in [0.1, 0.15) is 37.9 Å². The van der Waals surface area contributed by atoms with Crippen LogP contribution in [-0.4, -0.2) is 20.9 Å². The van der Waals surface area contributed by atoms with Gasteiger partial charge in [0.25, 0.3) is 5.56 Å². The van der Waals surface area contributed by atoms with Crippen LogP contribution in [-0.2, 0) is 0 Å². The van der Waals surface area contributed by atoms with Gasteiger partial charge in [0.2, 0.25) is 0 Å². The summed E-state index contributed by atoms with van der Waals surface area (Å²) in [6.07, 6.45) is 1.50. The topological polar surface area (TPSA) is 101 Å². The van der Waals surface area contributed by atoms with E-state index in [0.29, 0.717) is 27.0 Å². The molecule has 1 aliphatic rings. The average molecular weight is 404 g/mol. The molecule has 1 aromatic heterocycles. The maximum absolute atomic E-state index is 12.7. The minimum absolute atomic E-state index is 0.297. The summed E-state index contributed by atoms with van der Waals surface area (Å²) >= 11 is 3.22. The van der Waals surface area contributed by atoms with Gasteiger partial charge in [-0.3, -0.25) is 4.79 Å². The van der Waals surface area contributed by atoms with Crippen LogP contribution in [0.3, 0.4) is 0 Å². The third-order valence-electron chi connectivity index (χ3n) is 4.85. The Bertz CT molecular complexity index is 957. The number of anilines is 1. The molecule has 2 aromatic rings. The number of nitrogens with two attached hydrogens (primary N) is 1. The molecule has 7 heteroatoms. The molecule has 0 saturated heterocycles. The lowest BCUT2D eigenvalue weighted by atomic mass is 9.75. The lowest BCUT2D eigenvalue weighted by molar-refractivity contribution is -0.139. The largest absolute Gasteiger partial charge is 0.484 e. The standard InChI is InChI=1S/C18H18BrN3O3/c1-17(2)18(3,24)15(22-9-11(21)7-13(19)16(22)23)12-6-10(8-20)4-5-14(12)25-17/h4-7,9,15,24H,21H2,1-3H3. The summed E-state index contributed by atoms with van der Waals surface area (Å²) in [6.45, 7) is 5.13. The minimum Gasteiger partial charge on any atom is -0.484 e. The maximum atomic E-state index is 12.7. The van der Waals surface area contributed by atoms with Crippen molar-refractivity contribution in [3.8, 4) is 11.8 Å². The van der Waals surface area contributed by atoms with Crippen molar-refractivity contribution >= 4 is 21.6 Å². The number of halogens is 1. The number of nitrogens with zero attached hydrogens (tertiary/aromatic N) is 2. The van der Waals surface area contributed by atoms with Gasteiger partial charge in [0.1, 0.15) is 17.0 Å². The predicted octanol–water partition coefficient (Wildman–Crippen LogP) is 2.58. The van der Waals surface area contributed by atoms with Gasteiger partial charge in [0.15, 0.2) is 0 Å². The van der Waals surface area contributed by atoms with E-state index in [2.05, 4.69) is 22.0 Å². The van der Waals surface area contributed by atoms with E-state index in [0.717, 1.165) is 0 Å². The van der Waals surface area contributed by atoms with E-state index in [-0.39, 0.29) is 5.56 Å². The molecule has 1 aromatic carbocycles. The molecule has 6 nitrogen and oxygen atoms in total. The molecule has 0 saturated carbocycles. The van der Waals surface area contributed by atoms with E-state index >= 15 is 0 Å². The number of aromatic nitrogens is 1. The van der Waals surface area contributed by atoms with Gasteiger partial charge >= 0.3 is 0 Å². The molecule has 3 rings (SSSR count). The van der Waals surface area contributed by atoms with Crippen LogP contribution in [0, 0.1) is 11.3 Å². The predicted molar refractivity (Wildman–Crippen MR) is 97.4 cm³/mol. The highest BCUT2D eigenvalue weighted by Crippen LogP contribution is 2.48. The van der Waals surface area contributed by atoms with Crippen LogP contribution >= 0.6 is 15.9 Å². The fourth-order valence-corrected chi connectivity index (χ4v) is 3.60. The number of nitriles is 1. The van der Waals surface area contributed by atoms with Gasteiger partial charge in [-0.1, -0.05) is 0 Å². The molecule has 2 atom stereocenters. The Morgan fingerprint density at radius 2 is 2.04 bits per heavy atom. The van der Waals surface area contributed by atoms with Gasteiger partial charge in [0.05, 0.1) is 22.1 Å². The molecular formula is C18H18BrN3O3. The molecule has 0 aliphatic carbocycles. The van der Waals surface area contributed by atoms with E-state index < -0.39 is 17.2 Å². The third-order valence-corrected chi connectivity index (χ3v) is 5.42. The molecule has 2 unspecified atom stereocenters. The molecule has 3 N–H and O–H groups in total. The zero-order chi connectivity index (χ0) is 18.6. The monoisotopic (exact) mass is 403 g/mol. The summed E-state index contributed by atoms with van der Waals surface area (Å²) in [5, 5.41) is 20.5. The Hall–Kier alpha value is -2.30. The van der Waals surface area contributed by atoms with Crippen molar-refractivity contribution in [1.82, 2.24) is 4.57 Å². The number of fused-ring (bicyclic) bond motifs is 1. The fraction of sp³-hybridized carbons (Fsp3) is 0.333. The summed E-state index contributed by atoms with van der Waals surface area (Å²) in [5.74, 6) is 0.519. The second-order valence-corrected chi connectivity index (χ2v) is 7.71. The number of hydrogen-bond donors (Lipinski definition) is 2. The summed E-state index contributed by atoms with van der Waals surface area (Å²) in [5.41, 5.74) is 4.52. The second-order valence-electron chi connectivity index (χ2n) is 6.86.